The predicted molar refractivity (Wildman–Crippen MR) is 71.2 cm³/mol. The maximum absolute atomic E-state index is 11.2. The lowest BCUT2D eigenvalue weighted by Gasteiger charge is -2.28. The molecule has 1 N–H and O–H groups in total. The SMILES string of the molecule is COC(=O)/C=C/[C@@H]1c2cc(OC)ccc2CC[C@H]1O. The number of aliphatic hydroxyl groups is 1. The minimum absolute atomic E-state index is 0.196. The zero-order chi connectivity index (χ0) is 13.8. The summed E-state index contributed by atoms with van der Waals surface area (Å²) in [6, 6.07) is 5.85. The lowest BCUT2D eigenvalue weighted by atomic mass is 9.80. The lowest BCUT2D eigenvalue weighted by Crippen LogP contribution is -2.24. The van der Waals surface area contributed by atoms with Crippen molar-refractivity contribution in [2.24, 2.45) is 0 Å². The molecule has 0 fully saturated rings. The van der Waals surface area contributed by atoms with Gasteiger partial charge < -0.3 is 14.6 Å². The summed E-state index contributed by atoms with van der Waals surface area (Å²) in [5.41, 5.74) is 2.20. The molecule has 2 atom stereocenters. The summed E-state index contributed by atoms with van der Waals surface area (Å²) in [5, 5.41) is 10.1. The van der Waals surface area contributed by atoms with Crippen LogP contribution in [0.1, 0.15) is 23.5 Å². The molecule has 0 aromatic heterocycles. The van der Waals surface area contributed by atoms with Gasteiger partial charge in [0.1, 0.15) is 5.75 Å². The monoisotopic (exact) mass is 262 g/mol. The molecule has 4 nitrogen and oxygen atoms in total. The van der Waals surface area contributed by atoms with Crippen molar-refractivity contribution in [2.45, 2.75) is 24.9 Å². The van der Waals surface area contributed by atoms with Crippen LogP contribution in [-0.2, 0) is 16.0 Å². The number of aliphatic hydroxyl groups excluding tert-OH is 1. The first-order chi connectivity index (χ1) is 9.15. The number of hydrogen-bond acceptors (Lipinski definition) is 4. The number of rotatable bonds is 3. The quantitative estimate of drug-likeness (QED) is 0.667. The van der Waals surface area contributed by atoms with Crippen LogP contribution < -0.4 is 4.74 Å². The molecule has 0 saturated heterocycles. The number of esters is 1. The minimum atomic E-state index is -0.486. The van der Waals surface area contributed by atoms with E-state index in [4.69, 9.17) is 4.74 Å². The Morgan fingerprint density at radius 1 is 1.42 bits per heavy atom. The highest BCUT2D eigenvalue weighted by atomic mass is 16.5. The summed E-state index contributed by atoms with van der Waals surface area (Å²) in [7, 11) is 2.95. The van der Waals surface area contributed by atoms with Gasteiger partial charge in [-0.1, -0.05) is 12.1 Å². The number of fused-ring (bicyclic) bond motifs is 1. The summed E-state index contributed by atoms with van der Waals surface area (Å²) in [5.74, 6) is 0.143. The number of hydrogen-bond donors (Lipinski definition) is 1. The molecule has 0 radical (unpaired) electrons. The zero-order valence-electron chi connectivity index (χ0n) is 11.1. The van der Waals surface area contributed by atoms with Gasteiger partial charge in [-0.2, -0.15) is 0 Å². The van der Waals surface area contributed by atoms with Gasteiger partial charge in [-0.05, 0) is 36.1 Å². The molecule has 2 rings (SSSR count). The molecule has 1 aromatic carbocycles. The topological polar surface area (TPSA) is 55.8 Å². The molecule has 1 aliphatic rings. The third kappa shape index (κ3) is 2.96. The average molecular weight is 262 g/mol. The van der Waals surface area contributed by atoms with E-state index in [0.717, 1.165) is 17.7 Å². The number of carbonyl (C=O) groups excluding carboxylic acids is 1. The number of carbonyl (C=O) groups is 1. The fourth-order valence-corrected chi connectivity index (χ4v) is 2.41. The van der Waals surface area contributed by atoms with Gasteiger partial charge in [0.25, 0.3) is 0 Å². The van der Waals surface area contributed by atoms with Crippen LogP contribution in [0.15, 0.2) is 30.4 Å². The van der Waals surface area contributed by atoms with Crippen LogP contribution in [0.3, 0.4) is 0 Å². The van der Waals surface area contributed by atoms with Crippen LogP contribution in [0, 0.1) is 0 Å². The van der Waals surface area contributed by atoms with Gasteiger partial charge in [0.2, 0.25) is 0 Å². The Balaban J connectivity index is 2.33. The maximum Gasteiger partial charge on any atom is 0.330 e. The average Bonchev–Trinajstić information content (AvgIpc) is 2.45. The predicted octanol–water partition coefficient (Wildman–Crippen LogP) is 1.82. The Hall–Kier alpha value is -1.81. The Labute approximate surface area is 112 Å². The molecule has 1 aliphatic carbocycles. The van der Waals surface area contributed by atoms with E-state index in [0.29, 0.717) is 6.42 Å². The fraction of sp³-hybridized carbons (Fsp3) is 0.400. The number of methoxy groups -OCH3 is 2. The molecule has 0 heterocycles. The first-order valence-electron chi connectivity index (χ1n) is 6.26. The van der Waals surface area contributed by atoms with Gasteiger partial charge in [-0.3, -0.25) is 0 Å². The molecule has 0 unspecified atom stereocenters. The van der Waals surface area contributed by atoms with Crippen molar-refractivity contribution in [3.63, 3.8) is 0 Å². The van der Waals surface area contributed by atoms with Crippen LogP contribution in [0.2, 0.25) is 0 Å². The molecule has 0 saturated carbocycles. The van der Waals surface area contributed by atoms with Gasteiger partial charge >= 0.3 is 5.97 Å². The third-order valence-electron chi connectivity index (χ3n) is 3.48. The minimum Gasteiger partial charge on any atom is -0.497 e. The molecule has 102 valence electrons. The largest absolute Gasteiger partial charge is 0.497 e. The number of benzene rings is 1. The van der Waals surface area contributed by atoms with Crippen molar-refractivity contribution in [3.8, 4) is 5.75 Å². The molecule has 19 heavy (non-hydrogen) atoms. The van der Waals surface area contributed by atoms with E-state index in [1.165, 1.54) is 18.7 Å². The highest BCUT2D eigenvalue weighted by Crippen LogP contribution is 2.35. The van der Waals surface area contributed by atoms with Crippen LogP contribution in [-0.4, -0.2) is 31.4 Å². The highest BCUT2D eigenvalue weighted by molar-refractivity contribution is 5.82. The van der Waals surface area contributed by atoms with Gasteiger partial charge in [0.05, 0.1) is 20.3 Å². The van der Waals surface area contributed by atoms with Crippen molar-refractivity contribution in [2.75, 3.05) is 14.2 Å². The first-order valence-corrected chi connectivity index (χ1v) is 6.26. The molecule has 1 aromatic rings. The summed E-state index contributed by atoms with van der Waals surface area (Å²) in [6.45, 7) is 0. The van der Waals surface area contributed by atoms with Crippen molar-refractivity contribution < 1.29 is 19.4 Å². The van der Waals surface area contributed by atoms with E-state index in [1.54, 1.807) is 13.2 Å². The Morgan fingerprint density at radius 3 is 2.89 bits per heavy atom. The van der Waals surface area contributed by atoms with Crippen LogP contribution in [0.4, 0.5) is 0 Å². The second-order valence-corrected chi connectivity index (χ2v) is 4.58. The molecule has 0 spiro atoms. The molecular weight excluding hydrogens is 244 g/mol. The van der Waals surface area contributed by atoms with Gasteiger partial charge in [0, 0.05) is 12.0 Å². The van der Waals surface area contributed by atoms with Crippen molar-refractivity contribution in [1.82, 2.24) is 0 Å². The van der Waals surface area contributed by atoms with Crippen molar-refractivity contribution >= 4 is 5.97 Å². The molecule has 0 bridgehead atoms. The third-order valence-corrected chi connectivity index (χ3v) is 3.48. The summed E-state index contributed by atoms with van der Waals surface area (Å²) in [4.78, 5) is 11.2. The molecule has 0 aliphatic heterocycles. The van der Waals surface area contributed by atoms with Crippen molar-refractivity contribution in [1.29, 1.82) is 0 Å². The van der Waals surface area contributed by atoms with Gasteiger partial charge in [-0.15, -0.1) is 0 Å². The molecule has 4 heteroatoms. The van der Waals surface area contributed by atoms with E-state index in [2.05, 4.69) is 4.74 Å². The molecular formula is C15H18O4. The number of aryl methyl sites for hydroxylation is 1. The van der Waals surface area contributed by atoms with E-state index >= 15 is 0 Å². The maximum atomic E-state index is 11.2. The Morgan fingerprint density at radius 2 is 2.21 bits per heavy atom. The Bertz CT molecular complexity index is 493. The van der Waals surface area contributed by atoms with E-state index in [1.807, 2.05) is 18.2 Å². The second-order valence-electron chi connectivity index (χ2n) is 4.58. The molecule has 0 amide bonds. The summed E-state index contributed by atoms with van der Waals surface area (Å²) >= 11 is 0. The fourth-order valence-electron chi connectivity index (χ4n) is 2.41. The smallest absolute Gasteiger partial charge is 0.330 e. The van der Waals surface area contributed by atoms with E-state index in [9.17, 15) is 9.90 Å². The lowest BCUT2D eigenvalue weighted by molar-refractivity contribution is -0.134. The van der Waals surface area contributed by atoms with E-state index in [-0.39, 0.29) is 5.92 Å². The highest BCUT2D eigenvalue weighted by Gasteiger charge is 2.26. The Kier molecular flexibility index (Phi) is 4.22. The first kappa shape index (κ1) is 13.6. The van der Waals surface area contributed by atoms with Gasteiger partial charge in [-0.25, -0.2) is 4.79 Å². The summed E-state index contributed by atoms with van der Waals surface area (Å²) in [6.07, 6.45) is 4.11. The second kappa shape index (κ2) is 5.89. The van der Waals surface area contributed by atoms with Crippen LogP contribution in [0.5, 0.6) is 5.75 Å². The van der Waals surface area contributed by atoms with Crippen molar-refractivity contribution in [3.05, 3.63) is 41.5 Å². The zero-order valence-corrected chi connectivity index (χ0v) is 11.1. The number of ether oxygens (including phenoxy) is 2. The van der Waals surface area contributed by atoms with Gasteiger partial charge in [0.15, 0.2) is 0 Å². The summed E-state index contributed by atoms with van der Waals surface area (Å²) < 4.78 is 9.79. The van der Waals surface area contributed by atoms with Crippen LogP contribution in [0.25, 0.3) is 0 Å². The normalized spacial score (nSPS) is 22.1. The van der Waals surface area contributed by atoms with E-state index < -0.39 is 12.1 Å². The standard InChI is InChI=1S/C15H18O4/c1-18-11-5-3-10-4-7-14(16)12(13(10)9-11)6-8-15(17)19-2/h3,5-6,8-9,12,14,16H,4,7H2,1-2H3/b8-6+/t12-,14-/m1/s1. The van der Waals surface area contributed by atoms with Crippen LogP contribution >= 0.6 is 0 Å².